The first-order valence-corrected chi connectivity index (χ1v) is 14.4. The van der Waals surface area contributed by atoms with Crippen LogP contribution in [0, 0.1) is 17.2 Å². The van der Waals surface area contributed by atoms with Gasteiger partial charge in [0.25, 0.3) is 5.91 Å². The van der Waals surface area contributed by atoms with E-state index in [0.717, 1.165) is 30.4 Å². The molecule has 1 aliphatic heterocycles. The van der Waals surface area contributed by atoms with Crippen molar-refractivity contribution in [1.29, 1.82) is 5.41 Å². The number of nitrogens with zero attached hydrogens (tertiary/aromatic N) is 1. The molecule has 6 N–H and O–H groups in total. The Hall–Kier alpha value is -3.56. The van der Waals surface area contributed by atoms with E-state index in [0.29, 0.717) is 37.4 Å². The molecule has 3 aliphatic rings. The Bertz CT molecular complexity index is 1260. The summed E-state index contributed by atoms with van der Waals surface area (Å²) in [4.78, 5) is 39.1. The molecular formula is C31H40N5O4+. The first-order chi connectivity index (χ1) is 19.2. The van der Waals surface area contributed by atoms with E-state index in [4.69, 9.17) is 21.6 Å². The van der Waals surface area contributed by atoms with Crippen LogP contribution in [-0.4, -0.2) is 46.4 Å². The molecule has 4 atom stereocenters. The highest BCUT2D eigenvalue weighted by Crippen LogP contribution is 2.61. The number of alkyl carbamates (subject to hydrolysis) is 1. The molecule has 0 bridgehead atoms. The highest BCUT2D eigenvalue weighted by molar-refractivity contribution is 6.04. The molecule has 0 aromatic heterocycles. The molecule has 40 heavy (non-hydrogen) atoms. The maximum Gasteiger partial charge on any atom is 0.413 e. The predicted octanol–water partition coefficient (Wildman–Crippen LogP) is 3.73. The number of likely N-dealkylation sites (tertiary alicyclic amines) is 1. The summed E-state index contributed by atoms with van der Waals surface area (Å²) < 4.78 is 5.20. The monoisotopic (exact) mass is 546 g/mol. The van der Waals surface area contributed by atoms with Crippen molar-refractivity contribution < 1.29 is 23.6 Å². The number of piperidine rings is 1. The average molecular weight is 547 g/mol. The van der Waals surface area contributed by atoms with E-state index in [-0.39, 0.29) is 28.8 Å². The van der Waals surface area contributed by atoms with Crippen LogP contribution in [0.2, 0.25) is 0 Å². The third-order valence-corrected chi connectivity index (χ3v) is 9.31. The van der Waals surface area contributed by atoms with Crippen LogP contribution >= 0.6 is 0 Å². The summed E-state index contributed by atoms with van der Waals surface area (Å²) >= 11 is 0. The fourth-order valence-corrected chi connectivity index (χ4v) is 7.10. The number of carbonyl (C=O) groups is 3. The Labute approximate surface area is 235 Å². The van der Waals surface area contributed by atoms with Crippen LogP contribution in [0.3, 0.4) is 0 Å². The van der Waals surface area contributed by atoms with Crippen LogP contribution in [0.1, 0.15) is 68.1 Å². The Kier molecular flexibility index (Phi) is 8.05. The molecule has 5 rings (SSSR count). The number of rotatable bonds is 9. The number of nitrogens with two attached hydrogens (primary N) is 2. The maximum atomic E-state index is 14.1. The number of ether oxygens (including phenoxy) is 1. The van der Waals surface area contributed by atoms with Gasteiger partial charge in [0.05, 0.1) is 6.54 Å². The quantitative estimate of drug-likeness (QED) is 0.215. The fourth-order valence-electron chi connectivity index (χ4n) is 7.10. The molecule has 2 aromatic carbocycles. The zero-order valence-electron chi connectivity index (χ0n) is 22.9. The molecule has 3 fully saturated rings. The van der Waals surface area contributed by atoms with Crippen molar-refractivity contribution in [2.24, 2.45) is 23.3 Å². The molecule has 9 heteroatoms. The molecule has 1 heterocycles. The predicted molar refractivity (Wildman–Crippen MR) is 151 cm³/mol. The first-order valence-electron chi connectivity index (χ1n) is 14.4. The van der Waals surface area contributed by atoms with Crippen LogP contribution < -0.4 is 16.8 Å². The Morgan fingerprint density at radius 2 is 1.70 bits per heavy atom. The van der Waals surface area contributed by atoms with E-state index in [2.05, 4.69) is 5.32 Å². The zero-order chi connectivity index (χ0) is 28.3. The normalized spacial score (nSPS) is 26.4. The number of primary amides is 1. The number of nitrogens with one attached hydrogen (secondary N) is 2. The molecule has 2 aliphatic carbocycles. The molecule has 212 valence electrons. The van der Waals surface area contributed by atoms with Crippen molar-refractivity contribution in [3.8, 4) is 0 Å². The lowest BCUT2D eigenvalue weighted by Gasteiger charge is -2.41. The van der Waals surface area contributed by atoms with Gasteiger partial charge in [-0.3, -0.25) is 15.5 Å². The third kappa shape index (κ3) is 5.40. The van der Waals surface area contributed by atoms with Gasteiger partial charge in [-0.1, -0.05) is 86.7 Å². The van der Waals surface area contributed by atoms with E-state index in [1.807, 2.05) is 42.5 Å². The van der Waals surface area contributed by atoms with Crippen LogP contribution in [0.25, 0.3) is 0 Å². The van der Waals surface area contributed by atoms with E-state index in [1.165, 1.54) is 19.3 Å². The van der Waals surface area contributed by atoms with Crippen LogP contribution in [0.15, 0.2) is 54.6 Å². The van der Waals surface area contributed by atoms with Gasteiger partial charge in [0.1, 0.15) is 25.0 Å². The molecule has 0 spiro atoms. The third-order valence-electron chi connectivity index (χ3n) is 9.31. The number of benzene rings is 2. The molecule has 2 saturated carbocycles. The molecule has 9 nitrogen and oxygen atoms in total. The number of amides is 3. The number of quaternary nitrogens is 1. The first kappa shape index (κ1) is 28.0. The van der Waals surface area contributed by atoms with Gasteiger partial charge in [-0.15, -0.1) is 0 Å². The summed E-state index contributed by atoms with van der Waals surface area (Å²) in [6.45, 7) is 0.992. The van der Waals surface area contributed by atoms with E-state index < -0.39 is 23.6 Å². The van der Waals surface area contributed by atoms with Gasteiger partial charge in [-0.05, 0) is 17.9 Å². The summed E-state index contributed by atoms with van der Waals surface area (Å²) in [5, 5.41) is 10.8. The second-order valence-corrected chi connectivity index (χ2v) is 11.8. The van der Waals surface area contributed by atoms with Crippen molar-refractivity contribution >= 4 is 23.7 Å². The van der Waals surface area contributed by atoms with E-state index in [1.54, 1.807) is 12.1 Å². The van der Waals surface area contributed by atoms with E-state index in [9.17, 15) is 14.4 Å². The molecule has 1 saturated heterocycles. The van der Waals surface area contributed by atoms with Crippen molar-refractivity contribution in [1.82, 2.24) is 5.32 Å². The van der Waals surface area contributed by atoms with Gasteiger partial charge in [0.15, 0.2) is 5.54 Å². The van der Waals surface area contributed by atoms with E-state index >= 15 is 0 Å². The summed E-state index contributed by atoms with van der Waals surface area (Å²) in [7, 11) is 0. The van der Waals surface area contributed by atoms with Crippen LogP contribution in [0.4, 0.5) is 4.79 Å². The van der Waals surface area contributed by atoms with Crippen LogP contribution in [-0.2, 0) is 27.5 Å². The van der Waals surface area contributed by atoms with Gasteiger partial charge < -0.3 is 16.2 Å². The Balaban J connectivity index is 1.27. The highest BCUT2D eigenvalue weighted by atomic mass is 16.5. The molecule has 3 amide bonds. The van der Waals surface area contributed by atoms with Crippen molar-refractivity contribution in [3.05, 3.63) is 71.3 Å². The lowest BCUT2D eigenvalue weighted by Crippen LogP contribution is -2.67. The highest BCUT2D eigenvalue weighted by Gasteiger charge is 2.79. The molecular weight excluding hydrogens is 506 g/mol. The second-order valence-electron chi connectivity index (χ2n) is 11.8. The van der Waals surface area contributed by atoms with Crippen molar-refractivity contribution in [2.45, 2.75) is 76.1 Å². The topological polar surface area (TPSA) is 148 Å². The van der Waals surface area contributed by atoms with Gasteiger partial charge in [0, 0.05) is 29.9 Å². The van der Waals surface area contributed by atoms with Gasteiger partial charge in [-0.2, -0.15) is 0 Å². The number of amidine groups is 1. The minimum absolute atomic E-state index is 0.0122. The Morgan fingerprint density at radius 3 is 2.35 bits per heavy atom. The minimum atomic E-state index is -0.878. The maximum absolute atomic E-state index is 14.1. The zero-order valence-corrected chi connectivity index (χ0v) is 22.9. The van der Waals surface area contributed by atoms with Crippen LogP contribution in [0.5, 0.6) is 0 Å². The Morgan fingerprint density at radius 1 is 1.00 bits per heavy atom. The second kappa shape index (κ2) is 11.5. The number of carbonyl (C=O) groups excluding carboxylic acids is 3. The van der Waals surface area contributed by atoms with Crippen molar-refractivity contribution in [2.75, 3.05) is 6.54 Å². The smallest absolute Gasteiger partial charge is 0.413 e. The largest absolute Gasteiger partial charge is 0.444 e. The number of fused-ring (bicyclic) bond motifs is 1. The average Bonchev–Trinajstić information content (AvgIpc) is 3.64. The lowest BCUT2D eigenvalue weighted by atomic mass is 9.84. The fraction of sp³-hybridized carbons (Fsp3) is 0.484. The van der Waals surface area contributed by atoms with Gasteiger partial charge in [-0.25, -0.2) is 14.1 Å². The summed E-state index contributed by atoms with van der Waals surface area (Å²) in [6.07, 6.45) is 7.16. The summed E-state index contributed by atoms with van der Waals surface area (Å²) in [5.74, 6) is -0.00795. The lowest BCUT2D eigenvalue weighted by molar-refractivity contribution is -0.885. The van der Waals surface area contributed by atoms with Gasteiger partial charge in [0.2, 0.25) is 0 Å². The number of hydrogen-bond acceptors (Lipinski definition) is 6. The molecule has 2 aromatic rings. The van der Waals surface area contributed by atoms with Crippen molar-refractivity contribution in [3.63, 3.8) is 0 Å². The molecule has 0 radical (unpaired) electrons. The minimum Gasteiger partial charge on any atom is -0.444 e. The standard InChI is InChI=1S/C31H39N5O4/c32-26(17-21-7-3-1-4-8-21)28(37)36(16-15-25-18-31(25,36)29(34)38)19-22-11-13-24(14-12-22)27(33)35-30(39)40-20-23-9-5-2-6-10-23/h2,5-6,9-14,21,25-26H,1,3-4,7-8,15-20,32H2,(H3-,33,34,35,38,39)/p+1/t25-,26-,31+,36?/m1/s1. The SMILES string of the molecule is N=C(NC(=O)OCc1ccccc1)c1ccc(C[N+]2(C(=O)[C@H](N)CC3CCCCC3)CC[C@@H]3C[C@@]32C(N)=O)cc1. The molecule has 1 unspecified atom stereocenters. The summed E-state index contributed by atoms with van der Waals surface area (Å²) in [6, 6.07) is 15.8. The number of hydrogen-bond donors (Lipinski definition) is 4. The van der Waals surface area contributed by atoms with Gasteiger partial charge >= 0.3 is 12.0 Å². The summed E-state index contributed by atoms with van der Waals surface area (Å²) in [5.41, 5.74) is 13.9.